The quantitative estimate of drug-likeness (QED) is 0.790. The predicted molar refractivity (Wildman–Crippen MR) is 59.4 cm³/mol. The van der Waals surface area contributed by atoms with Crippen molar-refractivity contribution in [3.05, 3.63) is 0 Å². The van der Waals surface area contributed by atoms with E-state index in [1.54, 1.807) is 25.6 Å². The van der Waals surface area contributed by atoms with Crippen molar-refractivity contribution < 1.29 is 9.32 Å². The van der Waals surface area contributed by atoms with Crippen LogP contribution in [0.5, 0.6) is 0 Å². The van der Waals surface area contributed by atoms with E-state index in [2.05, 4.69) is 0 Å². The lowest BCUT2D eigenvalue weighted by Crippen LogP contribution is -2.48. The second kappa shape index (κ2) is 3.91. The molecule has 0 aromatic heterocycles. The van der Waals surface area contributed by atoms with Gasteiger partial charge in [-0.25, -0.2) is 0 Å². The third-order valence-electron chi connectivity index (χ3n) is 2.51. The number of thioether (sulfide) groups is 1. The summed E-state index contributed by atoms with van der Waals surface area (Å²) in [5, 5.41) is 10.1. The van der Waals surface area contributed by atoms with Gasteiger partial charge in [0.25, 0.3) is 0 Å². The monoisotopic (exact) mass is 222 g/mol. The SMILES string of the molecule is CCS[C@@]1(C(C)(C)O)CCCS1=O. The first-order valence-electron chi connectivity index (χ1n) is 4.69. The first-order chi connectivity index (χ1) is 5.94. The molecule has 0 bridgehead atoms. The molecule has 2 nitrogen and oxygen atoms in total. The Balaban J connectivity index is 2.93. The van der Waals surface area contributed by atoms with Gasteiger partial charge in [-0.15, -0.1) is 11.8 Å². The van der Waals surface area contributed by atoms with Crippen LogP contribution in [0.25, 0.3) is 0 Å². The maximum absolute atomic E-state index is 11.9. The van der Waals surface area contributed by atoms with Gasteiger partial charge < -0.3 is 5.11 Å². The van der Waals surface area contributed by atoms with Crippen molar-refractivity contribution >= 4 is 22.6 Å². The van der Waals surface area contributed by atoms with Gasteiger partial charge in [0, 0.05) is 16.6 Å². The summed E-state index contributed by atoms with van der Waals surface area (Å²) < 4.78 is 11.4. The van der Waals surface area contributed by atoms with Crippen LogP contribution in [0.15, 0.2) is 0 Å². The molecule has 1 heterocycles. The Morgan fingerprint density at radius 2 is 2.23 bits per heavy atom. The Hall–Kier alpha value is 0.460. The molecule has 0 aromatic rings. The van der Waals surface area contributed by atoms with Gasteiger partial charge >= 0.3 is 0 Å². The molecule has 0 aromatic carbocycles. The van der Waals surface area contributed by atoms with Gasteiger partial charge in [0.1, 0.15) is 4.08 Å². The number of aliphatic hydroxyl groups is 1. The van der Waals surface area contributed by atoms with Crippen molar-refractivity contribution in [1.82, 2.24) is 0 Å². The molecular formula is C9H18O2S2. The third kappa shape index (κ3) is 1.95. The molecule has 1 aliphatic rings. The maximum atomic E-state index is 11.9. The summed E-state index contributed by atoms with van der Waals surface area (Å²) >= 11 is 1.65. The van der Waals surface area contributed by atoms with Crippen LogP contribution in [0.1, 0.15) is 33.6 Å². The molecule has 1 unspecified atom stereocenters. The van der Waals surface area contributed by atoms with Gasteiger partial charge in [-0.05, 0) is 32.4 Å². The number of rotatable bonds is 3. The number of hydrogen-bond acceptors (Lipinski definition) is 3. The van der Waals surface area contributed by atoms with Gasteiger partial charge in [-0.2, -0.15) is 0 Å². The van der Waals surface area contributed by atoms with Crippen LogP contribution in [0.3, 0.4) is 0 Å². The van der Waals surface area contributed by atoms with E-state index in [1.165, 1.54) is 0 Å². The average molecular weight is 222 g/mol. The zero-order valence-electron chi connectivity index (χ0n) is 8.50. The third-order valence-corrected chi connectivity index (χ3v) is 6.98. The van der Waals surface area contributed by atoms with Crippen molar-refractivity contribution in [1.29, 1.82) is 0 Å². The Morgan fingerprint density at radius 3 is 2.54 bits per heavy atom. The van der Waals surface area contributed by atoms with Crippen molar-refractivity contribution in [3.63, 3.8) is 0 Å². The standard InChI is InChI=1S/C9H18O2S2/c1-4-12-9(8(2,3)10)6-5-7-13(9)11/h10H,4-7H2,1-3H3/t9-,13?/m0/s1. The van der Waals surface area contributed by atoms with Crippen molar-refractivity contribution in [3.8, 4) is 0 Å². The minimum absolute atomic E-state index is 0.415. The van der Waals surface area contributed by atoms with E-state index >= 15 is 0 Å². The minimum atomic E-state index is -0.876. The number of hydrogen-bond donors (Lipinski definition) is 1. The van der Waals surface area contributed by atoms with Gasteiger partial charge in [0.15, 0.2) is 0 Å². The molecule has 0 aliphatic carbocycles. The van der Waals surface area contributed by atoms with Gasteiger partial charge in [0.05, 0.1) is 5.60 Å². The fourth-order valence-electron chi connectivity index (χ4n) is 1.85. The van der Waals surface area contributed by atoms with Crippen LogP contribution in [0.2, 0.25) is 0 Å². The lowest BCUT2D eigenvalue weighted by atomic mass is 10.0. The van der Waals surface area contributed by atoms with Crippen LogP contribution >= 0.6 is 11.8 Å². The zero-order chi connectivity index (χ0) is 10.1. The fourth-order valence-corrected chi connectivity index (χ4v) is 5.75. The molecule has 4 heteroatoms. The molecule has 78 valence electrons. The topological polar surface area (TPSA) is 37.3 Å². The Morgan fingerprint density at radius 1 is 1.62 bits per heavy atom. The molecule has 1 rings (SSSR count). The average Bonchev–Trinajstić information content (AvgIpc) is 2.33. The Labute approximate surface area is 86.9 Å². The van der Waals surface area contributed by atoms with Crippen LogP contribution < -0.4 is 0 Å². The fraction of sp³-hybridized carbons (Fsp3) is 1.00. The van der Waals surface area contributed by atoms with E-state index in [4.69, 9.17) is 0 Å². The summed E-state index contributed by atoms with van der Waals surface area (Å²) in [6, 6.07) is 0. The van der Waals surface area contributed by atoms with Crippen LogP contribution in [0, 0.1) is 0 Å². The lowest BCUT2D eigenvalue weighted by molar-refractivity contribution is 0.0650. The summed E-state index contributed by atoms with van der Waals surface area (Å²) in [5.41, 5.74) is -0.838. The second-order valence-electron chi connectivity index (χ2n) is 3.90. The highest BCUT2D eigenvalue weighted by molar-refractivity contribution is 8.12. The molecule has 1 fully saturated rings. The van der Waals surface area contributed by atoms with Crippen LogP contribution in [0.4, 0.5) is 0 Å². The summed E-state index contributed by atoms with van der Waals surface area (Å²) in [7, 11) is -0.876. The molecule has 2 atom stereocenters. The van der Waals surface area contributed by atoms with Crippen LogP contribution in [-0.2, 0) is 10.8 Å². The Kier molecular flexibility index (Phi) is 3.47. The molecule has 13 heavy (non-hydrogen) atoms. The van der Waals surface area contributed by atoms with E-state index in [1.807, 2.05) is 6.92 Å². The van der Waals surface area contributed by atoms with E-state index in [9.17, 15) is 9.32 Å². The summed E-state index contributed by atoms with van der Waals surface area (Å²) in [6.07, 6.45) is 1.85. The molecular weight excluding hydrogens is 204 g/mol. The normalized spacial score (nSPS) is 35.2. The summed E-state index contributed by atoms with van der Waals surface area (Å²) in [6.45, 7) is 5.60. The molecule has 1 aliphatic heterocycles. The zero-order valence-corrected chi connectivity index (χ0v) is 10.1. The molecule has 0 saturated carbocycles. The highest BCUT2D eigenvalue weighted by Gasteiger charge is 2.51. The van der Waals surface area contributed by atoms with E-state index in [-0.39, 0.29) is 0 Å². The molecule has 0 radical (unpaired) electrons. The summed E-state index contributed by atoms with van der Waals surface area (Å²) in [5.74, 6) is 1.66. The van der Waals surface area contributed by atoms with Gasteiger partial charge in [0.2, 0.25) is 0 Å². The first-order valence-corrected chi connectivity index (χ1v) is 6.99. The predicted octanol–water partition coefficient (Wildman–Crippen LogP) is 1.75. The van der Waals surface area contributed by atoms with E-state index in [0.29, 0.717) is 0 Å². The van der Waals surface area contributed by atoms with E-state index in [0.717, 1.165) is 24.3 Å². The molecule has 1 N–H and O–H groups in total. The highest BCUT2D eigenvalue weighted by atomic mass is 32.2. The smallest absolute Gasteiger partial charge is 0.119 e. The molecule has 0 spiro atoms. The van der Waals surface area contributed by atoms with E-state index < -0.39 is 20.5 Å². The van der Waals surface area contributed by atoms with Gasteiger partial charge in [-0.3, -0.25) is 4.21 Å². The first kappa shape index (κ1) is 11.5. The highest BCUT2D eigenvalue weighted by Crippen LogP contribution is 2.47. The summed E-state index contributed by atoms with van der Waals surface area (Å²) in [4.78, 5) is 0. The van der Waals surface area contributed by atoms with Crippen molar-refractivity contribution in [2.75, 3.05) is 11.5 Å². The Bertz CT molecular complexity index is 210. The largest absolute Gasteiger partial charge is 0.388 e. The molecule has 1 saturated heterocycles. The second-order valence-corrected chi connectivity index (χ2v) is 7.52. The maximum Gasteiger partial charge on any atom is 0.119 e. The molecule has 0 amide bonds. The van der Waals surface area contributed by atoms with Gasteiger partial charge in [-0.1, -0.05) is 6.92 Å². The van der Waals surface area contributed by atoms with Crippen molar-refractivity contribution in [2.24, 2.45) is 0 Å². The van der Waals surface area contributed by atoms with Crippen LogP contribution in [-0.4, -0.2) is 30.5 Å². The minimum Gasteiger partial charge on any atom is -0.388 e. The van der Waals surface area contributed by atoms with Crippen molar-refractivity contribution in [2.45, 2.75) is 43.3 Å². The lowest BCUT2D eigenvalue weighted by Gasteiger charge is -2.38.